The molecule has 3 rings (SSSR count). The fourth-order valence-corrected chi connectivity index (χ4v) is 3.60. The average molecular weight is 383 g/mol. The molecule has 0 saturated carbocycles. The molecule has 2 aromatic carbocycles. The van der Waals surface area contributed by atoms with E-state index < -0.39 is 4.92 Å². The van der Waals surface area contributed by atoms with Crippen LogP contribution in [0.25, 0.3) is 0 Å². The maximum absolute atomic E-state index is 13.0. The Morgan fingerprint density at radius 2 is 1.89 bits per heavy atom. The van der Waals surface area contributed by atoms with Crippen LogP contribution < -0.4 is 9.64 Å². The second-order valence-electron chi connectivity index (χ2n) is 6.98. The van der Waals surface area contributed by atoms with Crippen LogP contribution in [0.4, 0.5) is 11.4 Å². The molecule has 7 nitrogen and oxygen atoms in total. The van der Waals surface area contributed by atoms with Gasteiger partial charge in [0.1, 0.15) is 5.75 Å². The van der Waals surface area contributed by atoms with Crippen LogP contribution in [0.3, 0.4) is 0 Å². The van der Waals surface area contributed by atoms with E-state index in [4.69, 9.17) is 4.74 Å². The zero-order chi connectivity index (χ0) is 20.1. The van der Waals surface area contributed by atoms with Crippen molar-refractivity contribution in [2.24, 2.45) is 0 Å². The molecule has 7 heteroatoms. The van der Waals surface area contributed by atoms with Gasteiger partial charge in [0.05, 0.1) is 17.6 Å². The van der Waals surface area contributed by atoms with Crippen LogP contribution in [0, 0.1) is 10.1 Å². The third-order valence-electron chi connectivity index (χ3n) is 5.07. The van der Waals surface area contributed by atoms with Gasteiger partial charge < -0.3 is 14.5 Å². The van der Waals surface area contributed by atoms with E-state index in [0.29, 0.717) is 12.3 Å². The van der Waals surface area contributed by atoms with Crippen molar-refractivity contribution < 1.29 is 14.5 Å². The van der Waals surface area contributed by atoms with Crippen LogP contribution in [0.15, 0.2) is 42.5 Å². The highest BCUT2D eigenvalue weighted by molar-refractivity contribution is 5.97. The largest absolute Gasteiger partial charge is 0.496 e. The maximum atomic E-state index is 13.0. The van der Waals surface area contributed by atoms with E-state index in [2.05, 4.69) is 11.0 Å². The molecule has 0 radical (unpaired) electrons. The molecule has 1 saturated heterocycles. The van der Waals surface area contributed by atoms with Crippen LogP contribution in [0.2, 0.25) is 0 Å². The van der Waals surface area contributed by atoms with E-state index in [1.165, 1.54) is 44.6 Å². The summed E-state index contributed by atoms with van der Waals surface area (Å²) >= 11 is 0. The summed E-state index contributed by atoms with van der Waals surface area (Å²) in [6.07, 6.45) is 3.60. The number of para-hydroxylation sites is 1. The number of hydrogen-bond acceptors (Lipinski definition) is 5. The van der Waals surface area contributed by atoms with E-state index in [0.717, 1.165) is 24.3 Å². The first-order valence-electron chi connectivity index (χ1n) is 9.42. The molecular formula is C21H25N3O4. The second-order valence-corrected chi connectivity index (χ2v) is 6.98. The highest BCUT2D eigenvalue weighted by Crippen LogP contribution is 2.28. The molecule has 1 heterocycles. The Bertz CT molecular complexity index is 862. The Balaban J connectivity index is 1.84. The Hall–Kier alpha value is -3.09. The number of hydrogen-bond donors (Lipinski definition) is 0. The van der Waals surface area contributed by atoms with Gasteiger partial charge in [0.15, 0.2) is 0 Å². The molecule has 28 heavy (non-hydrogen) atoms. The second kappa shape index (κ2) is 8.73. The molecule has 148 valence electrons. The normalized spacial score (nSPS) is 13.9. The number of amides is 1. The number of rotatable bonds is 6. The van der Waals surface area contributed by atoms with Gasteiger partial charge in [-0.15, -0.1) is 0 Å². The summed E-state index contributed by atoms with van der Waals surface area (Å²) in [5, 5.41) is 11.1. The fourth-order valence-electron chi connectivity index (χ4n) is 3.60. The summed E-state index contributed by atoms with van der Waals surface area (Å²) in [7, 11) is 3.15. The van der Waals surface area contributed by atoms with Crippen molar-refractivity contribution in [3.05, 3.63) is 63.7 Å². The Morgan fingerprint density at radius 1 is 1.18 bits per heavy atom. The summed E-state index contributed by atoms with van der Waals surface area (Å²) < 4.78 is 5.24. The molecule has 2 aromatic rings. The number of non-ortho nitro benzene ring substituents is 1. The molecule has 0 aliphatic carbocycles. The maximum Gasteiger partial charge on any atom is 0.270 e. The molecule has 0 aromatic heterocycles. The lowest BCUT2D eigenvalue weighted by atomic mass is 10.1. The highest BCUT2D eigenvalue weighted by atomic mass is 16.6. The first-order chi connectivity index (χ1) is 13.5. The lowest BCUT2D eigenvalue weighted by Gasteiger charge is -2.31. The van der Waals surface area contributed by atoms with Crippen molar-refractivity contribution >= 4 is 17.3 Å². The molecule has 0 spiro atoms. The van der Waals surface area contributed by atoms with Gasteiger partial charge in [0.2, 0.25) is 0 Å². The smallest absolute Gasteiger partial charge is 0.270 e. The van der Waals surface area contributed by atoms with E-state index in [-0.39, 0.29) is 17.2 Å². The number of nitro benzene ring substituents is 1. The number of piperidine rings is 1. The van der Waals surface area contributed by atoms with Crippen LogP contribution in [0.5, 0.6) is 5.75 Å². The number of carbonyl (C=O) groups excluding carboxylic acids is 1. The van der Waals surface area contributed by atoms with Gasteiger partial charge in [0.25, 0.3) is 11.6 Å². The van der Waals surface area contributed by atoms with Crippen molar-refractivity contribution in [2.45, 2.75) is 25.8 Å². The molecule has 1 amide bonds. The first-order valence-corrected chi connectivity index (χ1v) is 9.42. The highest BCUT2D eigenvalue weighted by Gasteiger charge is 2.22. The van der Waals surface area contributed by atoms with Gasteiger partial charge in [-0.2, -0.15) is 0 Å². The molecule has 1 fully saturated rings. The minimum absolute atomic E-state index is 0.133. The minimum Gasteiger partial charge on any atom is -0.496 e. The van der Waals surface area contributed by atoms with Gasteiger partial charge >= 0.3 is 0 Å². The number of methoxy groups -OCH3 is 1. The lowest BCUT2D eigenvalue weighted by molar-refractivity contribution is -0.384. The van der Waals surface area contributed by atoms with Gasteiger partial charge in [-0.25, -0.2) is 0 Å². The predicted molar refractivity (Wildman–Crippen MR) is 108 cm³/mol. The summed E-state index contributed by atoms with van der Waals surface area (Å²) in [6.45, 7) is 2.46. The third kappa shape index (κ3) is 4.24. The van der Waals surface area contributed by atoms with Crippen LogP contribution in [0.1, 0.15) is 35.2 Å². The number of nitrogens with zero attached hydrogens (tertiary/aromatic N) is 3. The standard InChI is InChI=1S/C21H25N3O4/c1-22(21(25)18-14-17(24(26)27)10-11-20(18)28-2)15-16-8-4-5-9-19(16)23-12-6-3-7-13-23/h4-5,8-11,14H,3,6-7,12-13,15H2,1-2H3. The Morgan fingerprint density at radius 3 is 2.57 bits per heavy atom. The Kier molecular flexibility index (Phi) is 6.13. The minimum atomic E-state index is -0.512. The summed E-state index contributed by atoms with van der Waals surface area (Å²) in [5.41, 5.74) is 2.26. The number of carbonyl (C=O) groups is 1. The fraction of sp³-hybridized carbons (Fsp3) is 0.381. The average Bonchev–Trinajstić information content (AvgIpc) is 2.73. The van der Waals surface area contributed by atoms with Crippen LogP contribution in [-0.2, 0) is 6.54 Å². The first kappa shape index (κ1) is 19.7. The third-order valence-corrected chi connectivity index (χ3v) is 5.07. The number of nitro groups is 1. The predicted octanol–water partition coefficient (Wildman–Crippen LogP) is 3.87. The van der Waals surface area contributed by atoms with E-state index in [1.54, 1.807) is 11.9 Å². The number of ether oxygens (including phenoxy) is 1. The zero-order valence-corrected chi connectivity index (χ0v) is 16.3. The summed E-state index contributed by atoms with van der Waals surface area (Å²) in [6, 6.07) is 12.2. The zero-order valence-electron chi connectivity index (χ0n) is 16.3. The van der Waals surface area contributed by atoms with Crippen LogP contribution in [-0.4, -0.2) is 43.0 Å². The molecular weight excluding hydrogens is 358 g/mol. The Labute approximate surface area is 164 Å². The van der Waals surface area contributed by atoms with Gasteiger partial charge in [-0.3, -0.25) is 14.9 Å². The van der Waals surface area contributed by atoms with Crippen LogP contribution >= 0.6 is 0 Å². The number of anilines is 1. The van der Waals surface area contributed by atoms with E-state index in [1.807, 2.05) is 18.2 Å². The van der Waals surface area contributed by atoms with Crippen molar-refractivity contribution in [1.82, 2.24) is 4.90 Å². The van der Waals surface area contributed by atoms with Crippen molar-refractivity contribution in [3.63, 3.8) is 0 Å². The van der Waals surface area contributed by atoms with E-state index in [9.17, 15) is 14.9 Å². The molecule has 0 bridgehead atoms. The summed E-state index contributed by atoms with van der Waals surface area (Å²) in [4.78, 5) is 27.5. The van der Waals surface area contributed by atoms with Crippen molar-refractivity contribution in [1.29, 1.82) is 0 Å². The number of benzene rings is 2. The molecule has 0 N–H and O–H groups in total. The van der Waals surface area contributed by atoms with Gasteiger partial charge in [-0.1, -0.05) is 18.2 Å². The van der Waals surface area contributed by atoms with Gasteiger partial charge in [0, 0.05) is 44.5 Å². The molecule has 0 atom stereocenters. The molecule has 1 aliphatic heterocycles. The molecule has 1 aliphatic rings. The SMILES string of the molecule is COc1ccc([N+](=O)[O-])cc1C(=O)N(C)Cc1ccccc1N1CCCCC1. The summed E-state index contributed by atoms with van der Waals surface area (Å²) in [5.74, 6) is 0.0146. The lowest BCUT2D eigenvalue weighted by Crippen LogP contribution is -2.32. The van der Waals surface area contributed by atoms with Crippen molar-refractivity contribution in [2.75, 3.05) is 32.1 Å². The van der Waals surface area contributed by atoms with Crippen molar-refractivity contribution in [3.8, 4) is 5.75 Å². The quantitative estimate of drug-likeness (QED) is 0.559. The van der Waals surface area contributed by atoms with E-state index >= 15 is 0 Å². The molecule has 0 unspecified atom stereocenters. The van der Waals surface area contributed by atoms with Gasteiger partial charge in [-0.05, 0) is 37.0 Å². The topological polar surface area (TPSA) is 75.9 Å². The monoisotopic (exact) mass is 383 g/mol.